The zero-order valence-electron chi connectivity index (χ0n) is 11.9. The average molecular weight is 306 g/mol. The van der Waals surface area contributed by atoms with Crippen LogP contribution in [0, 0.1) is 5.92 Å². The number of hydrogen-bond acceptors (Lipinski definition) is 4. The first kappa shape index (κ1) is 15.3. The van der Waals surface area contributed by atoms with Gasteiger partial charge in [0.2, 0.25) is 0 Å². The van der Waals surface area contributed by atoms with Crippen LogP contribution in [0.15, 0.2) is 36.7 Å². The van der Waals surface area contributed by atoms with E-state index in [1.807, 2.05) is 26.0 Å². The minimum absolute atomic E-state index is 0.308. The standard InChI is InChI=1S/C15H16ClN3O2/c1-11(2)9-21-14(20)6-7-19-10-17-15(18-19)12-4-3-5-13(16)8-12/h3-8,10-11H,9H2,1-2H3. The van der Waals surface area contributed by atoms with E-state index in [9.17, 15) is 4.79 Å². The molecule has 0 aliphatic carbocycles. The molecule has 0 radical (unpaired) electrons. The van der Waals surface area contributed by atoms with Crippen molar-refractivity contribution in [3.05, 3.63) is 41.7 Å². The van der Waals surface area contributed by atoms with Crippen LogP contribution in [0.5, 0.6) is 0 Å². The highest BCUT2D eigenvalue weighted by molar-refractivity contribution is 6.30. The fourth-order valence-electron chi connectivity index (χ4n) is 1.54. The van der Waals surface area contributed by atoms with Gasteiger partial charge in [-0.05, 0) is 18.1 Å². The van der Waals surface area contributed by atoms with Crippen molar-refractivity contribution in [1.29, 1.82) is 0 Å². The number of esters is 1. The SMILES string of the molecule is CC(C)COC(=O)C=Cn1cnc(-c2cccc(Cl)c2)n1. The number of carbonyl (C=O) groups excluding carboxylic acids is 1. The molecule has 0 N–H and O–H groups in total. The second kappa shape index (κ2) is 7.04. The van der Waals surface area contributed by atoms with E-state index in [1.54, 1.807) is 12.1 Å². The molecule has 110 valence electrons. The third kappa shape index (κ3) is 4.72. The molecule has 0 saturated carbocycles. The lowest BCUT2D eigenvalue weighted by atomic mass is 10.2. The first-order chi connectivity index (χ1) is 10.0. The lowest BCUT2D eigenvalue weighted by Crippen LogP contribution is -2.07. The lowest BCUT2D eigenvalue weighted by Gasteiger charge is -2.03. The van der Waals surface area contributed by atoms with E-state index in [-0.39, 0.29) is 0 Å². The molecule has 0 saturated heterocycles. The van der Waals surface area contributed by atoms with Gasteiger partial charge < -0.3 is 4.74 Å². The van der Waals surface area contributed by atoms with Gasteiger partial charge in [0.05, 0.1) is 6.61 Å². The van der Waals surface area contributed by atoms with E-state index in [0.29, 0.717) is 23.4 Å². The highest BCUT2D eigenvalue weighted by atomic mass is 35.5. The van der Waals surface area contributed by atoms with E-state index in [0.717, 1.165) is 5.56 Å². The van der Waals surface area contributed by atoms with Crippen LogP contribution in [0.1, 0.15) is 13.8 Å². The smallest absolute Gasteiger partial charge is 0.332 e. The van der Waals surface area contributed by atoms with E-state index in [2.05, 4.69) is 10.1 Å². The summed E-state index contributed by atoms with van der Waals surface area (Å²) in [6, 6.07) is 7.26. The van der Waals surface area contributed by atoms with Gasteiger partial charge in [0.15, 0.2) is 5.82 Å². The number of hydrogen-bond donors (Lipinski definition) is 0. The Labute approximate surface area is 128 Å². The zero-order chi connectivity index (χ0) is 15.2. The van der Waals surface area contributed by atoms with Gasteiger partial charge in [-0.1, -0.05) is 37.6 Å². The van der Waals surface area contributed by atoms with Gasteiger partial charge in [-0.3, -0.25) is 0 Å². The molecule has 0 unspecified atom stereocenters. The van der Waals surface area contributed by atoms with Crippen LogP contribution < -0.4 is 0 Å². The van der Waals surface area contributed by atoms with Crippen LogP contribution in [-0.2, 0) is 9.53 Å². The fourth-order valence-corrected chi connectivity index (χ4v) is 1.73. The van der Waals surface area contributed by atoms with Gasteiger partial charge >= 0.3 is 5.97 Å². The summed E-state index contributed by atoms with van der Waals surface area (Å²) in [6.07, 6.45) is 4.34. The Bertz CT molecular complexity index is 650. The second-order valence-electron chi connectivity index (χ2n) is 4.90. The summed E-state index contributed by atoms with van der Waals surface area (Å²) >= 11 is 5.93. The van der Waals surface area contributed by atoms with Crippen molar-refractivity contribution in [2.75, 3.05) is 6.61 Å². The van der Waals surface area contributed by atoms with Gasteiger partial charge in [-0.15, -0.1) is 5.10 Å². The molecule has 0 spiro atoms. The average Bonchev–Trinajstić information content (AvgIpc) is 2.92. The summed E-state index contributed by atoms with van der Waals surface area (Å²) in [5.74, 6) is 0.448. The molecule has 1 aromatic carbocycles. The van der Waals surface area contributed by atoms with Crippen LogP contribution in [0.2, 0.25) is 5.02 Å². The Morgan fingerprint density at radius 1 is 1.48 bits per heavy atom. The van der Waals surface area contributed by atoms with Gasteiger partial charge in [0.25, 0.3) is 0 Å². The fraction of sp³-hybridized carbons (Fsp3) is 0.267. The van der Waals surface area contributed by atoms with E-state index in [4.69, 9.17) is 16.3 Å². The van der Waals surface area contributed by atoms with Crippen molar-refractivity contribution in [3.63, 3.8) is 0 Å². The predicted octanol–water partition coefficient (Wildman–Crippen LogP) is 3.27. The molecule has 0 atom stereocenters. The largest absolute Gasteiger partial charge is 0.462 e. The number of ether oxygens (including phenoxy) is 1. The third-order valence-electron chi connectivity index (χ3n) is 2.51. The highest BCUT2D eigenvalue weighted by Gasteiger charge is 2.04. The van der Waals surface area contributed by atoms with Gasteiger partial charge in [-0.2, -0.15) is 0 Å². The van der Waals surface area contributed by atoms with E-state index < -0.39 is 5.97 Å². The third-order valence-corrected chi connectivity index (χ3v) is 2.75. The van der Waals surface area contributed by atoms with Crippen molar-refractivity contribution >= 4 is 23.8 Å². The summed E-state index contributed by atoms with van der Waals surface area (Å²) in [5.41, 5.74) is 0.817. The summed E-state index contributed by atoms with van der Waals surface area (Å²) in [4.78, 5) is 15.6. The van der Waals surface area contributed by atoms with Crippen molar-refractivity contribution in [3.8, 4) is 11.4 Å². The molecule has 0 aliphatic rings. The number of rotatable bonds is 5. The van der Waals surface area contributed by atoms with Crippen molar-refractivity contribution in [2.45, 2.75) is 13.8 Å². The molecule has 0 fully saturated rings. The Morgan fingerprint density at radius 3 is 3.00 bits per heavy atom. The number of nitrogens with zero attached hydrogens (tertiary/aromatic N) is 3. The highest BCUT2D eigenvalue weighted by Crippen LogP contribution is 2.18. The van der Waals surface area contributed by atoms with Gasteiger partial charge in [0, 0.05) is 22.9 Å². The minimum atomic E-state index is -0.400. The monoisotopic (exact) mass is 305 g/mol. The normalized spacial score (nSPS) is 11.2. The van der Waals surface area contributed by atoms with Crippen LogP contribution in [-0.4, -0.2) is 27.3 Å². The van der Waals surface area contributed by atoms with Crippen molar-refractivity contribution < 1.29 is 9.53 Å². The topological polar surface area (TPSA) is 57.0 Å². The number of carbonyl (C=O) groups is 1. The van der Waals surface area contributed by atoms with Gasteiger partial charge in [-0.25, -0.2) is 14.5 Å². The van der Waals surface area contributed by atoms with Gasteiger partial charge in [0.1, 0.15) is 6.33 Å². The van der Waals surface area contributed by atoms with Crippen molar-refractivity contribution in [2.24, 2.45) is 5.92 Å². The lowest BCUT2D eigenvalue weighted by molar-refractivity contribution is -0.138. The molecule has 1 aromatic heterocycles. The molecule has 0 bridgehead atoms. The Kier molecular flexibility index (Phi) is 5.11. The van der Waals surface area contributed by atoms with E-state index in [1.165, 1.54) is 23.3 Å². The maximum absolute atomic E-state index is 11.5. The summed E-state index contributed by atoms with van der Waals surface area (Å²) < 4.78 is 6.48. The Morgan fingerprint density at radius 2 is 2.29 bits per heavy atom. The van der Waals surface area contributed by atoms with Crippen molar-refractivity contribution in [1.82, 2.24) is 14.8 Å². The molecule has 0 aliphatic heterocycles. The van der Waals surface area contributed by atoms with E-state index >= 15 is 0 Å². The Hall–Kier alpha value is -2.14. The maximum atomic E-state index is 11.5. The van der Waals surface area contributed by atoms with Crippen LogP contribution in [0.3, 0.4) is 0 Å². The quantitative estimate of drug-likeness (QED) is 0.628. The maximum Gasteiger partial charge on any atom is 0.332 e. The predicted molar refractivity (Wildman–Crippen MR) is 81.6 cm³/mol. The van der Waals surface area contributed by atoms with Crippen LogP contribution in [0.25, 0.3) is 17.6 Å². The molecule has 2 rings (SSSR count). The molecular formula is C15H16ClN3O2. The molecule has 2 aromatic rings. The number of halogens is 1. The molecule has 21 heavy (non-hydrogen) atoms. The summed E-state index contributed by atoms with van der Waals surface area (Å²) in [6.45, 7) is 4.35. The molecule has 5 nitrogen and oxygen atoms in total. The molecule has 6 heteroatoms. The molecular weight excluding hydrogens is 290 g/mol. The Balaban J connectivity index is 2.02. The minimum Gasteiger partial charge on any atom is -0.462 e. The number of aromatic nitrogens is 3. The second-order valence-corrected chi connectivity index (χ2v) is 5.33. The summed E-state index contributed by atoms with van der Waals surface area (Å²) in [7, 11) is 0. The molecule has 1 heterocycles. The van der Waals surface area contributed by atoms with Crippen LogP contribution in [0.4, 0.5) is 0 Å². The zero-order valence-corrected chi connectivity index (χ0v) is 12.6. The summed E-state index contributed by atoms with van der Waals surface area (Å²) in [5, 5.41) is 4.86. The first-order valence-corrected chi connectivity index (χ1v) is 6.94. The number of benzene rings is 1. The molecule has 0 amide bonds. The first-order valence-electron chi connectivity index (χ1n) is 6.56. The van der Waals surface area contributed by atoms with Crippen LogP contribution >= 0.6 is 11.6 Å².